The number of amides is 1. The molecular formula is C23H25N5O. The predicted octanol–water partition coefficient (Wildman–Crippen LogP) is 4.01. The third-order valence-electron chi connectivity index (χ3n) is 5.45. The lowest BCUT2D eigenvalue weighted by Crippen LogP contribution is -2.38. The molecule has 29 heavy (non-hydrogen) atoms. The zero-order valence-electron chi connectivity index (χ0n) is 16.8. The van der Waals surface area contributed by atoms with Crippen LogP contribution >= 0.6 is 0 Å². The molecule has 1 aliphatic rings. The molecule has 1 fully saturated rings. The molecule has 3 heterocycles. The minimum atomic E-state index is 0.0220. The summed E-state index contributed by atoms with van der Waals surface area (Å²) in [7, 11) is 0. The van der Waals surface area contributed by atoms with Gasteiger partial charge in [-0.05, 0) is 68.1 Å². The van der Waals surface area contributed by atoms with Gasteiger partial charge in [0.1, 0.15) is 0 Å². The number of carbonyl (C=O) groups excluding carboxylic acids is 1. The minimum absolute atomic E-state index is 0.0220. The summed E-state index contributed by atoms with van der Waals surface area (Å²) in [5.74, 6) is 0.983. The number of anilines is 2. The van der Waals surface area contributed by atoms with E-state index in [1.54, 1.807) is 12.4 Å². The van der Waals surface area contributed by atoms with Crippen molar-refractivity contribution in [2.24, 2.45) is 5.92 Å². The van der Waals surface area contributed by atoms with E-state index >= 15 is 0 Å². The second-order valence-electron chi connectivity index (χ2n) is 7.59. The molecule has 4 rings (SSSR count). The molecule has 1 aromatic carbocycles. The molecule has 2 aromatic heterocycles. The van der Waals surface area contributed by atoms with Gasteiger partial charge >= 0.3 is 0 Å². The van der Waals surface area contributed by atoms with Crippen LogP contribution in [0.2, 0.25) is 0 Å². The SMILES string of the molecule is Cc1ccc(C)c(NC(=O)C2CCN(c3ccc(-c4cccnc4)nn3)CC2)c1. The Bertz CT molecular complexity index is 980. The molecule has 1 N–H and O–H groups in total. The number of rotatable bonds is 4. The minimum Gasteiger partial charge on any atom is -0.355 e. The molecule has 0 aliphatic carbocycles. The highest BCUT2D eigenvalue weighted by Crippen LogP contribution is 2.25. The fraction of sp³-hybridized carbons (Fsp3) is 0.304. The standard InChI is InChI=1S/C23H25N5O/c1-16-5-6-17(2)21(14-16)25-23(29)18-9-12-28(13-10-18)22-8-7-20(26-27-22)19-4-3-11-24-15-19/h3-8,11,14-15,18H,9-10,12-13H2,1-2H3,(H,25,29). The Morgan fingerprint density at radius 2 is 1.90 bits per heavy atom. The first-order valence-electron chi connectivity index (χ1n) is 9.97. The van der Waals surface area contributed by atoms with E-state index in [9.17, 15) is 4.79 Å². The molecule has 1 saturated heterocycles. The van der Waals surface area contributed by atoms with Gasteiger partial charge in [0.2, 0.25) is 5.91 Å². The number of nitrogens with zero attached hydrogens (tertiary/aromatic N) is 4. The second kappa shape index (κ2) is 8.39. The largest absolute Gasteiger partial charge is 0.355 e. The van der Waals surface area contributed by atoms with Crippen molar-refractivity contribution in [3.8, 4) is 11.3 Å². The Labute approximate surface area is 171 Å². The van der Waals surface area contributed by atoms with Crippen LogP contribution in [0.15, 0.2) is 54.9 Å². The lowest BCUT2D eigenvalue weighted by atomic mass is 9.95. The number of carbonyl (C=O) groups is 1. The quantitative estimate of drug-likeness (QED) is 0.732. The van der Waals surface area contributed by atoms with Gasteiger partial charge in [0, 0.05) is 42.7 Å². The summed E-state index contributed by atoms with van der Waals surface area (Å²) in [6.45, 7) is 5.65. The van der Waals surface area contributed by atoms with Gasteiger partial charge < -0.3 is 10.2 Å². The summed E-state index contributed by atoms with van der Waals surface area (Å²) in [5, 5.41) is 11.8. The number of pyridine rings is 1. The maximum absolute atomic E-state index is 12.7. The van der Waals surface area contributed by atoms with Crippen LogP contribution in [0.4, 0.5) is 11.5 Å². The molecule has 0 atom stereocenters. The van der Waals surface area contributed by atoms with Gasteiger partial charge in [-0.15, -0.1) is 10.2 Å². The van der Waals surface area contributed by atoms with Gasteiger partial charge in [-0.3, -0.25) is 9.78 Å². The van der Waals surface area contributed by atoms with Crippen molar-refractivity contribution in [3.63, 3.8) is 0 Å². The third-order valence-corrected chi connectivity index (χ3v) is 5.45. The summed E-state index contributed by atoms with van der Waals surface area (Å²) >= 11 is 0. The molecule has 1 aliphatic heterocycles. The monoisotopic (exact) mass is 387 g/mol. The molecular weight excluding hydrogens is 362 g/mol. The number of aromatic nitrogens is 3. The maximum atomic E-state index is 12.7. The van der Waals surface area contributed by atoms with Crippen LogP contribution in [0.1, 0.15) is 24.0 Å². The second-order valence-corrected chi connectivity index (χ2v) is 7.59. The molecule has 0 spiro atoms. The van der Waals surface area contributed by atoms with E-state index < -0.39 is 0 Å². The van der Waals surface area contributed by atoms with Crippen molar-refractivity contribution in [3.05, 3.63) is 66.0 Å². The molecule has 6 nitrogen and oxygen atoms in total. The average Bonchev–Trinajstić information content (AvgIpc) is 2.77. The Hall–Kier alpha value is -3.28. The smallest absolute Gasteiger partial charge is 0.227 e. The summed E-state index contributed by atoms with van der Waals surface area (Å²) in [4.78, 5) is 19.0. The normalized spacial score (nSPS) is 14.6. The number of nitrogens with one attached hydrogen (secondary N) is 1. The average molecular weight is 387 g/mol. The van der Waals surface area contributed by atoms with E-state index in [-0.39, 0.29) is 11.8 Å². The van der Waals surface area contributed by atoms with E-state index in [1.807, 2.05) is 50.2 Å². The van der Waals surface area contributed by atoms with Crippen LogP contribution in [0.3, 0.4) is 0 Å². The molecule has 0 unspecified atom stereocenters. The summed E-state index contributed by atoms with van der Waals surface area (Å²) in [6, 6.07) is 14.0. The van der Waals surface area contributed by atoms with Crippen LogP contribution in [0.5, 0.6) is 0 Å². The number of aryl methyl sites for hydroxylation is 2. The van der Waals surface area contributed by atoms with Gasteiger partial charge in [0.05, 0.1) is 5.69 Å². The van der Waals surface area contributed by atoms with Crippen molar-refractivity contribution >= 4 is 17.4 Å². The van der Waals surface area contributed by atoms with Crippen molar-refractivity contribution in [2.45, 2.75) is 26.7 Å². The third kappa shape index (κ3) is 4.42. The topological polar surface area (TPSA) is 71.0 Å². The van der Waals surface area contributed by atoms with E-state index in [4.69, 9.17) is 0 Å². The first-order valence-corrected chi connectivity index (χ1v) is 9.97. The van der Waals surface area contributed by atoms with Crippen molar-refractivity contribution < 1.29 is 4.79 Å². The van der Waals surface area contributed by atoms with Gasteiger partial charge in [0.25, 0.3) is 0 Å². The van der Waals surface area contributed by atoms with Gasteiger partial charge in [-0.25, -0.2) is 0 Å². The molecule has 1 amide bonds. The van der Waals surface area contributed by atoms with Crippen LogP contribution < -0.4 is 10.2 Å². The molecule has 0 radical (unpaired) electrons. The van der Waals surface area contributed by atoms with Crippen molar-refractivity contribution in [2.75, 3.05) is 23.3 Å². The van der Waals surface area contributed by atoms with Crippen LogP contribution in [-0.2, 0) is 4.79 Å². The Balaban J connectivity index is 1.35. The predicted molar refractivity (Wildman–Crippen MR) is 115 cm³/mol. The van der Waals surface area contributed by atoms with Crippen LogP contribution in [0, 0.1) is 19.8 Å². The summed E-state index contributed by atoms with van der Waals surface area (Å²) in [5.41, 5.74) is 4.91. The number of hydrogen-bond donors (Lipinski definition) is 1. The molecule has 148 valence electrons. The van der Waals surface area contributed by atoms with E-state index in [1.165, 1.54) is 0 Å². The molecule has 0 bridgehead atoms. The first-order chi connectivity index (χ1) is 14.1. The molecule has 6 heteroatoms. The number of benzene rings is 1. The lowest BCUT2D eigenvalue weighted by Gasteiger charge is -2.32. The lowest BCUT2D eigenvalue weighted by molar-refractivity contribution is -0.120. The van der Waals surface area contributed by atoms with Crippen LogP contribution in [0.25, 0.3) is 11.3 Å². The van der Waals surface area contributed by atoms with Gasteiger partial charge in [0.15, 0.2) is 5.82 Å². The highest BCUT2D eigenvalue weighted by Gasteiger charge is 2.26. The Morgan fingerprint density at radius 1 is 1.07 bits per heavy atom. The van der Waals surface area contributed by atoms with E-state index in [2.05, 4.69) is 31.5 Å². The summed E-state index contributed by atoms with van der Waals surface area (Å²) < 4.78 is 0. The highest BCUT2D eigenvalue weighted by molar-refractivity contribution is 5.93. The fourth-order valence-electron chi connectivity index (χ4n) is 3.64. The summed E-state index contributed by atoms with van der Waals surface area (Å²) in [6.07, 6.45) is 5.14. The number of piperidine rings is 1. The zero-order valence-corrected chi connectivity index (χ0v) is 16.8. The van der Waals surface area contributed by atoms with E-state index in [0.717, 1.165) is 59.8 Å². The van der Waals surface area contributed by atoms with Crippen molar-refractivity contribution in [1.82, 2.24) is 15.2 Å². The van der Waals surface area contributed by atoms with E-state index in [0.29, 0.717) is 0 Å². The zero-order chi connectivity index (χ0) is 20.2. The number of hydrogen-bond acceptors (Lipinski definition) is 5. The molecule has 0 saturated carbocycles. The maximum Gasteiger partial charge on any atom is 0.227 e. The highest BCUT2D eigenvalue weighted by atomic mass is 16.1. The Kier molecular flexibility index (Phi) is 5.51. The first kappa shape index (κ1) is 19.1. The van der Waals surface area contributed by atoms with Crippen LogP contribution in [-0.4, -0.2) is 34.2 Å². The molecule has 3 aromatic rings. The fourth-order valence-corrected chi connectivity index (χ4v) is 3.64. The van der Waals surface area contributed by atoms with Gasteiger partial charge in [-0.2, -0.15) is 0 Å². The Morgan fingerprint density at radius 3 is 2.59 bits per heavy atom. The van der Waals surface area contributed by atoms with Gasteiger partial charge in [-0.1, -0.05) is 12.1 Å². The van der Waals surface area contributed by atoms with Crippen molar-refractivity contribution in [1.29, 1.82) is 0 Å².